The second-order valence-electron chi connectivity index (χ2n) is 6.26. The maximum atomic E-state index is 6.13. The molecule has 1 N–H and O–H groups in total. The molecule has 0 amide bonds. The van der Waals surface area contributed by atoms with Gasteiger partial charge in [0, 0.05) is 28.4 Å². The molecule has 0 radical (unpaired) electrons. The monoisotopic (exact) mass is 357 g/mol. The van der Waals surface area contributed by atoms with Gasteiger partial charge in [-0.05, 0) is 61.4 Å². The topological polar surface area (TPSA) is 29.9 Å². The minimum absolute atomic E-state index is 0.765. The molecule has 4 rings (SSSR count). The lowest BCUT2D eigenvalue weighted by atomic mass is 10.1. The molecule has 124 valence electrons. The first-order valence-corrected chi connectivity index (χ1v) is 9.61. The quantitative estimate of drug-likeness (QED) is 0.695. The Labute approximate surface area is 151 Å². The summed E-state index contributed by atoms with van der Waals surface area (Å²) in [5, 5.41) is 11.5. The summed E-state index contributed by atoms with van der Waals surface area (Å²) in [5.74, 6) is 1.16. The third-order valence-corrected chi connectivity index (χ3v) is 5.63. The maximum Gasteiger partial charge on any atom is 0.133 e. The van der Waals surface area contributed by atoms with Gasteiger partial charge in [0.05, 0.1) is 11.4 Å². The number of aryl methyl sites for hydroxylation is 1. The third-order valence-electron chi connectivity index (χ3n) is 4.52. The Hall–Kier alpha value is -1.78. The maximum absolute atomic E-state index is 6.13. The first-order valence-electron chi connectivity index (χ1n) is 8.36. The van der Waals surface area contributed by atoms with Crippen LogP contribution in [0.4, 0.5) is 5.82 Å². The van der Waals surface area contributed by atoms with E-state index in [2.05, 4.69) is 40.5 Å². The number of thiophene rings is 1. The first-order chi connectivity index (χ1) is 11.7. The van der Waals surface area contributed by atoms with Gasteiger partial charge in [-0.1, -0.05) is 17.7 Å². The molecule has 0 unspecified atom stereocenters. The lowest BCUT2D eigenvalue weighted by molar-refractivity contribution is 0.767. The van der Waals surface area contributed by atoms with E-state index >= 15 is 0 Å². The van der Waals surface area contributed by atoms with Crippen LogP contribution < -0.4 is 5.32 Å². The van der Waals surface area contributed by atoms with Crippen LogP contribution in [0.25, 0.3) is 5.69 Å². The molecule has 24 heavy (non-hydrogen) atoms. The molecule has 3 aromatic rings. The van der Waals surface area contributed by atoms with Gasteiger partial charge in [-0.3, -0.25) is 0 Å². The number of fused-ring (bicyclic) bond motifs is 1. The summed E-state index contributed by atoms with van der Waals surface area (Å²) in [6.45, 7) is 3.09. The lowest BCUT2D eigenvalue weighted by Gasteiger charge is -2.11. The van der Waals surface area contributed by atoms with Crippen LogP contribution in [0.15, 0.2) is 35.7 Å². The third kappa shape index (κ3) is 2.96. The van der Waals surface area contributed by atoms with Crippen molar-refractivity contribution in [3.63, 3.8) is 0 Å². The van der Waals surface area contributed by atoms with Crippen LogP contribution in [-0.2, 0) is 12.8 Å². The van der Waals surface area contributed by atoms with Crippen molar-refractivity contribution >= 4 is 28.8 Å². The summed E-state index contributed by atoms with van der Waals surface area (Å²) in [6, 6.07) is 10.3. The van der Waals surface area contributed by atoms with E-state index in [9.17, 15) is 0 Å². The molecule has 0 fully saturated rings. The number of benzene rings is 1. The number of hydrogen-bond acceptors (Lipinski definition) is 3. The molecule has 0 saturated heterocycles. The molecular formula is C19H20ClN3S. The van der Waals surface area contributed by atoms with Gasteiger partial charge in [-0.2, -0.15) is 5.10 Å². The van der Waals surface area contributed by atoms with Gasteiger partial charge < -0.3 is 5.32 Å². The van der Waals surface area contributed by atoms with E-state index in [0.717, 1.165) is 41.5 Å². The Bertz CT molecular complexity index is 852. The Kier molecular flexibility index (Phi) is 4.33. The van der Waals surface area contributed by atoms with Crippen LogP contribution in [0.5, 0.6) is 0 Å². The number of hydrogen-bond donors (Lipinski definition) is 1. The van der Waals surface area contributed by atoms with Gasteiger partial charge in [0.1, 0.15) is 5.82 Å². The predicted octanol–water partition coefficient (Wildman–Crippen LogP) is 5.23. The van der Waals surface area contributed by atoms with Crippen molar-refractivity contribution in [2.75, 3.05) is 11.9 Å². The Morgan fingerprint density at radius 3 is 3.00 bits per heavy atom. The highest BCUT2D eigenvalue weighted by Gasteiger charge is 2.21. The standard InChI is InChI=1S/C19H20ClN3S/c1-13-11-14(20)7-8-18(13)23-19-16(6-2-3-9-21-19)17(22-23)12-15-5-4-10-24-15/h4-5,7-8,10-11,21H,2-3,6,9,12H2,1H3. The number of nitrogens with zero attached hydrogens (tertiary/aromatic N) is 2. The Balaban J connectivity index is 1.83. The Morgan fingerprint density at radius 1 is 1.29 bits per heavy atom. The largest absolute Gasteiger partial charge is 0.370 e. The zero-order chi connectivity index (χ0) is 16.5. The molecule has 1 aliphatic rings. The summed E-state index contributed by atoms with van der Waals surface area (Å²) in [4.78, 5) is 1.36. The minimum atomic E-state index is 0.765. The normalized spacial score (nSPS) is 14.1. The van der Waals surface area contributed by atoms with E-state index in [-0.39, 0.29) is 0 Å². The van der Waals surface area contributed by atoms with Crippen molar-refractivity contribution in [1.82, 2.24) is 9.78 Å². The van der Waals surface area contributed by atoms with Crippen LogP contribution in [0.1, 0.15) is 34.5 Å². The summed E-state index contributed by atoms with van der Waals surface area (Å²) < 4.78 is 2.08. The highest BCUT2D eigenvalue weighted by Crippen LogP contribution is 2.31. The molecule has 0 bridgehead atoms. The molecule has 3 heterocycles. The molecule has 5 heteroatoms. The minimum Gasteiger partial charge on any atom is -0.370 e. The van der Waals surface area contributed by atoms with Crippen LogP contribution in [0.2, 0.25) is 5.02 Å². The number of halogens is 1. The van der Waals surface area contributed by atoms with Crippen molar-refractivity contribution in [3.05, 3.63) is 62.4 Å². The summed E-state index contributed by atoms with van der Waals surface area (Å²) in [7, 11) is 0. The molecule has 0 saturated carbocycles. The first kappa shape index (κ1) is 15.7. The van der Waals surface area contributed by atoms with Gasteiger partial charge in [0.25, 0.3) is 0 Å². The van der Waals surface area contributed by atoms with Crippen molar-refractivity contribution < 1.29 is 0 Å². The van der Waals surface area contributed by atoms with E-state index in [1.807, 2.05) is 12.1 Å². The zero-order valence-electron chi connectivity index (χ0n) is 13.7. The predicted molar refractivity (Wildman–Crippen MR) is 102 cm³/mol. The van der Waals surface area contributed by atoms with Crippen molar-refractivity contribution in [3.8, 4) is 5.69 Å². The van der Waals surface area contributed by atoms with Crippen LogP contribution in [0, 0.1) is 6.92 Å². The molecule has 0 atom stereocenters. The van der Waals surface area contributed by atoms with Crippen LogP contribution in [-0.4, -0.2) is 16.3 Å². The smallest absolute Gasteiger partial charge is 0.133 e. The summed E-state index contributed by atoms with van der Waals surface area (Å²) >= 11 is 7.93. The van der Waals surface area contributed by atoms with E-state index in [1.165, 1.54) is 29.0 Å². The average Bonchev–Trinajstić information content (AvgIpc) is 3.10. The van der Waals surface area contributed by atoms with Gasteiger partial charge in [0.15, 0.2) is 0 Å². The molecule has 1 aromatic carbocycles. The second kappa shape index (κ2) is 6.61. The fourth-order valence-electron chi connectivity index (χ4n) is 3.32. The highest BCUT2D eigenvalue weighted by molar-refractivity contribution is 7.09. The number of nitrogens with one attached hydrogen (secondary N) is 1. The molecule has 2 aromatic heterocycles. The summed E-state index contributed by atoms with van der Waals surface area (Å²) in [6.07, 6.45) is 4.41. The highest BCUT2D eigenvalue weighted by atomic mass is 35.5. The average molecular weight is 358 g/mol. The fraction of sp³-hybridized carbons (Fsp3) is 0.316. The number of aromatic nitrogens is 2. The van der Waals surface area contributed by atoms with E-state index < -0.39 is 0 Å². The fourth-order valence-corrected chi connectivity index (χ4v) is 4.26. The second-order valence-corrected chi connectivity index (χ2v) is 7.73. The van der Waals surface area contributed by atoms with E-state index in [0.29, 0.717) is 0 Å². The molecule has 0 spiro atoms. The number of rotatable bonds is 3. The van der Waals surface area contributed by atoms with Crippen molar-refractivity contribution in [2.24, 2.45) is 0 Å². The van der Waals surface area contributed by atoms with Crippen LogP contribution in [0.3, 0.4) is 0 Å². The molecular weight excluding hydrogens is 338 g/mol. The molecule has 0 aliphatic carbocycles. The van der Waals surface area contributed by atoms with Gasteiger partial charge in [-0.15, -0.1) is 11.3 Å². The molecule has 3 nitrogen and oxygen atoms in total. The Morgan fingerprint density at radius 2 is 2.21 bits per heavy atom. The zero-order valence-corrected chi connectivity index (χ0v) is 15.3. The van der Waals surface area contributed by atoms with Crippen LogP contribution >= 0.6 is 22.9 Å². The van der Waals surface area contributed by atoms with Gasteiger partial charge >= 0.3 is 0 Å². The van der Waals surface area contributed by atoms with Gasteiger partial charge in [-0.25, -0.2) is 4.68 Å². The SMILES string of the molecule is Cc1cc(Cl)ccc1-n1nc(Cc2cccs2)c2c1NCCCC2. The lowest BCUT2D eigenvalue weighted by Crippen LogP contribution is -2.08. The molecule has 1 aliphatic heterocycles. The summed E-state index contributed by atoms with van der Waals surface area (Å²) in [5.41, 5.74) is 4.80. The van der Waals surface area contributed by atoms with Crippen molar-refractivity contribution in [2.45, 2.75) is 32.6 Å². The number of anilines is 1. The van der Waals surface area contributed by atoms with E-state index in [4.69, 9.17) is 16.7 Å². The van der Waals surface area contributed by atoms with Gasteiger partial charge in [0.2, 0.25) is 0 Å². The van der Waals surface area contributed by atoms with Crippen molar-refractivity contribution in [1.29, 1.82) is 0 Å². The van der Waals surface area contributed by atoms with E-state index in [1.54, 1.807) is 11.3 Å².